The predicted molar refractivity (Wildman–Crippen MR) is 83.3 cm³/mol. The van der Waals surface area contributed by atoms with Gasteiger partial charge in [0.1, 0.15) is 7.38 Å². The van der Waals surface area contributed by atoms with Gasteiger partial charge in [-0.2, -0.15) is 11.1 Å². The third-order valence-electron chi connectivity index (χ3n) is 2.86. The quantitative estimate of drug-likeness (QED) is 0.285. The predicted octanol–water partition coefficient (Wildman–Crippen LogP) is 6.92. The molecule has 1 saturated carbocycles. The third-order valence-corrected chi connectivity index (χ3v) is 4.97. The summed E-state index contributed by atoms with van der Waals surface area (Å²) in [6.45, 7) is 4.51. The molecule has 1 rings (SSSR count). The van der Waals surface area contributed by atoms with E-state index in [0.717, 1.165) is 5.92 Å². The van der Waals surface area contributed by atoms with Crippen molar-refractivity contribution in [2.24, 2.45) is 5.92 Å². The maximum atomic E-state index is 6.26. The van der Waals surface area contributed by atoms with Gasteiger partial charge in [0.25, 0.3) is 0 Å². The fraction of sp³-hybridized carbons (Fsp3) is 0.909. The summed E-state index contributed by atoms with van der Waals surface area (Å²) in [5.41, 5.74) is 0. The number of rotatable bonds is 4. The first-order chi connectivity index (χ1) is 7.31. The van der Waals surface area contributed by atoms with Crippen molar-refractivity contribution in [2.45, 2.75) is 57.7 Å². The maximum absolute atomic E-state index is 6.26. The van der Waals surface area contributed by atoms with Crippen molar-refractivity contribution in [2.75, 3.05) is 0 Å². The molecular formula is C11H24Cl4SiTi. The summed E-state index contributed by atoms with van der Waals surface area (Å²) in [6, 6.07) is 1.31. The molecule has 0 amide bonds. The zero-order valence-corrected chi connectivity index (χ0v) is 16.6. The Balaban J connectivity index is 0. The van der Waals surface area contributed by atoms with E-state index in [4.69, 9.17) is 39.0 Å². The molecule has 6 heteroatoms. The van der Waals surface area contributed by atoms with Gasteiger partial charge in [0.05, 0.1) is 0 Å². The van der Waals surface area contributed by atoms with E-state index in [1.54, 1.807) is 0 Å². The van der Waals surface area contributed by atoms with Crippen LogP contribution in [0.5, 0.6) is 0 Å². The molecule has 0 atom stereocenters. The molecule has 0 N–H and O–H groups in total. The van der Waals surface area contributed by atoms with Crippen LogP contribution >= 0.6 is 39.0 Å². The van der Waals surface area contributed by atoms with Crippen molar-refractivity contribution in [3.8, 4) is 0 Å². The molecule has 17 heavy (non-hydrogen) atoms. The second-order valence-electron chi connectivity index (χ2n) is 4.98. The van der Waals surface area contributed by atoms with E-state index in [-0.39, 0.29) is 7.43 Å². The van der Waals surface area contributed by atoms with Crippen molar-refractivity contribution in [1.29, 1.82) is 0 Å². The molecular weight excluding hydrogens is 350 g/mol. The number of halogens is 4. The van der Waals surface area contributed by atoms with E-state index in [2.05, 4.69) is 13.1 Å². The Hall–Kier alpha value is 2.09. The molecule has 104 valence electrons. The van der Waals surface area contributed by atoms with Crippen molar-refractivity contribution >= 4 is 46.4 Å². The van der Waals surface area contributed by atoms with Crippen LogP contribution in [0.2, 0.25) is 19.1 Å². The fourth-order valence-electron chi connectivity index (χ4n) is 2.11. The van der Waals surface area contributed by atoms with E-state index in [1.165, 1.54) is 44.6 Å². The Morgan fingerprint density at radius 2 is 1.53 bits per heavy atom. The van der Waals surface area contributed by atoms with Crippen molar-refractivity contribution in [3.63, 3.8) is 0 Å². The minimum atomic E-state index is -1.92. The van der Waals surface area contributed by atoms with Crippen LogP contribution in [-0.4, -0.2) is 7.38 Å². The van der Waals surface area contributed by atoms with Crippen LogP contribution in [0.15, 0.2) is 0 Å². The van der Waals surface area contributed by atoms with E-state index >= 15 is 0 Å². The van der Waals surface area contributed by atoms with Gasteiger partial charge in [0.2, 0.25) is 0 Å². The van der Waals surface area contributed by atoms with Gasteiger partial charge in [-0.3, -0.25) is 0 Å². The van der Waals surface area contributed by atoms with Crippen LogP contribution < -0.4 is 0 Å². The molecule has 0 aromatic heterocycles. The van der Waals surface area contributed by atoms with E-state index in [0.29, 0.717) is 0 Å². The molecule has 0 nitrogen and oxygen atoms in total. The molecule has 0 bridgehead atoms. The van der Waals surface area contributed by atoms with Crippen LogP contribution in [0.4, 0.5) is 0 Å². The number of hydrogen-bond acceptors (Lipinski definition) is 0. The van der Waals surface area contributed by atoms with E-state index in [1.807, 2.05) is 0 Å². The summed E-state index contributed by atoms with van der Waals surface area (Å²) in [6.07, 6.45) is 8.77. The molecule has 0 aromatic rings. The Bertz CT molecular complexity index is 165. The molecule has 1 fully saturated rings. The zero-order valence-electron chi connectivity index (χ0n) is 11.0. The van der Waals surface area contributed by atoms with Gasteiger partial charge in [0, 0.05) is 0 Å². The average Bonchev–Trinajstić information content (AvgIpc) is 2.52. The van der Waals surface area contributed by atoms with Gasteiger partial charge < -0.3 is 7.43 Å². The topological polar surface area (TPSA) is 0 Å². The van der Waals surface area contributed by atoms with E-state index < -0.39 is 22.1 Å². The van der Waals surface area contributed by atoms with Crippen LogP contribution in [0.25, 0.3) is 0 Å². The molecule has 0 unspecified atom stereocenters. The average molecular weight is 374 g/mol. The Morgan fingerprint density at radius 1 is 1.12 bits per heavy atom. The SMILES string of the molecule is C[Si](C)(Cl)CCCC1CCCC1.[CH3-].[Cl][Ti+]([Cl])[Cl]. The second-order valence-corrected chi connectivity index (χ2v) is 19.7. The van der Waals surface area contributed by atoms with Gasteiger partial charge >= 0.3 is 42.6 Å². The standard InChI is InChI=1S/C10H21ClSi.CH3.3ClH.Ti/c1-12(2,11)9-5-8-10-6-3-4-7-10;;;;;/h10H,3-9H2,1-2H3;1H3;3*1H;/q;-1;;;;+4/p-3. The molecule has 0 heterocycles. The summed E-state index contributed by atoms with van der Waals surface area (Å²) in [7, 11) is 13.7. The molecule has 1 aliphatic carbocycles. The molecule has 0 spiro atoms. The first kappa shape index (κ1) is 21.4. The second kappa shape index (κ2) is 11.9. The third kappa shape index (κ3) is 18.1. The van der Waals surface area contributed by atoms with Crippen molar-refractivity contribution in [3.05, 3.63) is 7.43 Å². The molecule has 0 saturated heterocycles. The summed E-state index contributed by atoms with van der Waals surface area (Å²) < 4.78 is 0. The zero-order chi connectivity index (χ0) is 12.6. The summed E-state index contributed by atoms with van der Waals surface area (Å²) >= 11 is 4.34. The summed E-state index contributed by atoms with van der Waals surface area (Å²) in [5, 5.41) is 0. The Kier molecular flexibility index (Phi) is 14.9. The van der Waals surface area contributed by atoms with Crippen molar-refractivity contribution < 1.29 is 14.7 Å². The molecule has 1 aliphatic rings. The molecule has 0 radical (unpaired) electrons. The first-order valence-corrected chi connectivity index (χ1v) is 16.5. The van der Waals surface area contributed by atoms with Gasteiger partial charge in [0.15, 0.2) is 0 Å². The molecule has 0 aromatic carbocycles. The van der Waals surface area contributed by atoms with Crippen LogP contribution in [0.1, 0.15) is 38.5 Å². The van der Waals surface area contributed by atoms with Crippen LogP contribution in [0.3, 0.4) is 0 Å². The Morgan fingerprint density at radius 3 is 1.88 bits per heavy atom. The first-order valence-electron chi connectivity index (χ1n) is 5.83. The summed E-state index contributed by atoms with van der Waals surface area (Å²) in [5.74, 6) is 1.05. The summed E-state index contributed by atoms with van der Waals surface area (Å²) in [4.78, 5) is 0. The monoisotopic (exact) mass is 372 g/mol. The van der Waals surface area contributed by atoms with Crippen molar-refractivity contribution in [1.82, 2.24) is 0 Å². The van der Waals surface area contributed by atoms with Gasteiger partial charge in [-0.15, -0.1) is 0 Å². The number of hydrogen-bond donors (Lipinski definition) is 0. The molecule has 0 aliphatic heterocycles. The van der Waals surface area contributed by atoms with Gasteiger partial charge in [-0.1, -0.05) is 51.6 Å². The fourth-order valence-corrected chi connectivity index (χ4v) is 3.56. The van der Waals surface area contributed by atoms with Gasteiger partial charge in [-0.25, -0.2) is 0 Å². The van der Waals surface area contributed by atoms with Crippen LogP contribution in [0, 0.1) is 13.3 Å². The minimum absolute atomic E-state index is 0. The Labute approximate surface area is 131 Å². The van der Waals surface area contributed by atoms with Crippen LogP contribution in [-0.2, 0) is 14.7 Å². The van der Waals surface area contributed by atoms with E-state index in [9.17, 15) is 0 Å². The normalized spacial score (nSPS) is 15.9. The van der Waals surface area contributed by atoms with Gasteiger partial charge in [-0.05, 0) is 12.0 Å².